The Labute approximate surface area is 186 Å². The van der Waals surface area contributed by atoms with Crippen LogP contribution in [0.4, 0.5) is 0 Å². The molecule has 1 fully saturated rings. The topological polar surface area (TPSA) is 112 Å². The molecule has 4 N–H and O–H groups in total. The first kappa shape index (κ1) is 23.7. The van der Waals surface area contributed by atoms with Gasteiger partial charge in [-0.05, 0) is 48.6 Å². The fourth-order valence-corrected chi connectivity index (χ4v) is 3.77. The lowest BCUT2D eigenvalue weighted by Gasteiger charge is -2.40. The first-order valence-corrected chi connectivity index (χ1v) is 10.6. The number of hydrogen-bond donors (Lipinski definition) is 4. The van der Waals surface area contributed by atoms with Gasteiger partial charge in [-0.25, -0.2) is 0 Å². The maximum atomic E-state index is 10.4. The van der Waals surface area contributed by atoms with Gasteiger partial charge in [-0.15, -0.1) is 0 Å². The van der Waals surface area contributed by atoms with Crippen molar-refractivity contribution in [2.45, 2.75) is 50.8 Å². The molecule has 7 nitrogen and oxygen atoms in total. The Balaban J connectivity index is 1.80. The molecule has 0 saturated carbocycles. The summed E-state index contributed by atoms with van der Waals surface area (Å²) < 4.78 is 5.66. The van der Waals surface area contributed by atoms with Crippen molar-refractivity contribution in [1.29, 1.82) is 0 Å². The molecule has 1 aliphatic heterocycles. The number of rotatable bonds is 7. The Kier molecular flexibility index (Phi) is 8.05. The minimum absolute atomic E-state index is 0.472. The lowest BCUT2D eigenvalue weighted by molar-refractivity contribution is -0.231. The summed E-state index contributed by atoms with van der Waals surface area (Å²) in [6, 6.07) is 13.1. The normalized spacial score (nSPS) is 26.7. The molecule has 5 atom stereocenters. The molecule has 2 aromatic carbocycles. The summed E-state index contributed by atoms with van der Waals surface area (Å²) in [6.45, 7) is 3.80. The van der Waals surface area contributed by atoms with Crippen LogP contribution < -0.4 is 0 Å². The van der Waals surface area contributed by atoms with Gasteiger partial charge in [-0.3, -0.25) is 0 Å². The van der Waals surface area contributed by atoms with Crippen molar-refractivity contribution in [3.05, 3.63) is 69.7 Å². The molecule has 0 aliphatic carbocycles. The minimum Gasteiger partial charge on any atom is -0.396 e. The Morgan fingerprint density at radius 1 is 1.06 bits per heavy atom. The van der Waals surface area contributed by atoms with Crippen molar-refractivity contribution in [2.75, 3.05) is 13.2 Å². The zero-order valence-electron chi connectivity index (χ0n) is 17.5. The van der Waals surface area contributed by atoms with E-state index in [9.17, 15) is 20.4 Å². The summed E-state index contributed by atoms with van der Waals surface area (Å²) in [7, 11) is 0. The van der Waals surface area contributed by atoms with Crippen LogP contribution in [0, 0.1) is 0 Å². The minimum atomic E-state index is -1.43. The summed E-state index contributed by atoms with van der Waals surface area (Å²) in [5.74, 6) is 0. The van der Waals surface area contributed by atoms with Gasteiger partial charge in [0, 0.05) is 5.02 Å². The van der Waals surface area contributed by atoms with Gasteiger partial charge in [0.25, 0.3) is 0 Å². The monoisotopic (exact) mass is 449 g/mol. The molecule has 0 spiro atoms. The maximum absolute atomic E-state index is 10.4. The Bertz CT molecular complexity index is 901. The summed E-state index contributed by atoms with van der Waals surface area (Å²) >= 11 is 6.40. The van der Waals surface area contributed by atoms with Crippen LogP contribution in [0.15, 0.2) is 47.6 Å². The van der Waals surface area contributed by atoms with E-state index < -0.39 is 37.1 Å². The Morgan fingerprint density at radius 3 is 2.42 bits per heavy atom. The van der Waals surface area contributed by atoms with Crippen LogP contribution in [0.5, 0.6) is 0 Å². The molecular weight excluding hydrogens is 422 g/mol. The highest BCUT2D eigenvalue weighted by Gasteiger charge is 2.44. The van der Waals surface area contributed by atoms with Crippen molar-refractivity contribution in [1.82, 2.24) is 0 Å². The number of aliphatic hydroxyl groups is 4. The zero-order valence-corrected chi connectivity index (χ0v) is 18.2. The Morgan fingerprint density at radius 2 is 1.77 bits per heavy atom. The third-order valence-corrected chi connectivity index (χ3v) is 5.76. The molecule has 0 radical (unpaired) electrons. The number of halogens is 1. The molecule has 168 valence electrons. The summed E-state index contributed by atoms with van der Waals surface area (Å²) in [6.07, 6.45) is -5.46. The Hall–Kier alpha value is -2.00. The second kappa shape index (κ2) is 10.5. The van der Waals surface area contributed by atoms with Crippen LogP contribution in [0.2, 0.25) is 5.02 Å². The average molecular weight is 450 g/mol. The van der Waals surface area contributed by atoms with Crippen molar-refractivity contribution < 1.29 is 30.0 Å². The van der Waals surface area contributed by atoms with Crippen molar-refractivity contribution >= 4 is 17.3 Å². The van der Waals surface area contributed by atoms with Gasteiger partial charge in [0.05, 0.1) is 12.3 Å². The third kappa shape index (κ3) is 5.44. The molecule has 0 aromatic heterocycles. The lowest BCUT2D eigenvalue weighted by Crippen LogP contribution is -2.55. The summed E-state index contributed by atoms with van der Waals surface area (Å²) in [5.41, 5.74) is 4.20. The molecule has 1 saturated heterocycles. The van der Waals surface area contributed by atoms with Crippen LogP contribution in [-0.2, 0) is 16.0 Å². The van der Waals surface area contributed by atoms with Crippen molar-refractivity contribution in [3.63, 3.8) is 0 Å². The standard InChI is InChI=1S/C23H28ClNO6/c1-3-30-25-13(2)15-6-4-14(5-7-15)10-17-11-16(8-9-18(17)24)23-22(29)21(28)20(27)19(12-26)31-23/h4-9,11,19-23,26-29H,3,10,12H2,1-2H3/t19-,20-,21+,22-,23+/m1/s1. The van der Waals surface area contributed by atoms with E-state index >= 15 is 0 Å². The second-order valence-electron chi connectivity index (χ2n) is 7.57. The fourth-order valence-electron chi connectivity index (χ4n) is 3.58. The highest BCUT2D eigenvalue weighted by Crippen LogP contribution is 2.34. The van der Waals surface area contributed by atoms with Crippen molar-refractivity contribution in [3.8, 4) is 0 Å². The molecule has 31 heavy (non-hydrogen) atoms. The van der Waals surface area contributed by atoms with Crippen LogP contribution in [0.3, 0.4) is 0 Å². The van der Waals surface area contributed by atoms with Gasteiger partial charge < -0.3 is 30.0 Å². The first-order valence-electron chi connectivity index (χ1n) is 10.2. The number of aliphatic hydroxyl groups excluding tert-OH is 4. The molecule has 0 unspecified atom stereocenters. The lowest BCUT2D eigenvalue weighted by atomic mass is 9.90. The average Bonchev–Trinajstić information content (AvgIpc) is 2.78. The van der Waals surface area contributed by atoms with Gasteiger partial charge in [0.1, 0.15) is 37.1 Å². The number of ether oxygens (including phenoxy) is 1. The molecule has 0 bridgehead atoms. The van der Waals surface area contributed by atoms with E-state index in [1.54, 1.807) is 12.1 Å². The number of oxime groups is 1. The predicted octanol–water partition coefficient (Wildman–Crippen LogP) is 2.21. The second-order valence-corrected chi connectivity index (χ2v) is 7.98. The molecule has 3 rings (SSSR count). The van der Waals surface area contributed by atoms with E-state index in [4.69, 9.17) is 21.2 Å². The number of benzene rings is 2. The van der Waals surface area contributed by atoms with E-state index in [0.29, 0.717) is 23.6 Å². The van der Waals surface area contributed by atoms with E-state index in [-0.39, 0.29) is 0 Å². The number of hydrogen-bond acceptors (Lipinski definition) is 7. The molecule has 0 amide bonds. The predicted molar refractivity (Wildman–Crippen MR) is 117 cm³/mol. The molecule has 8 heteroatoms. The van der Waals surface area contributed by atoms with Crippen molar-refractivity contribution in [2.24, 2.45) is 5.16 Å². The SMILES string of the molecule is CCON=C(C)c1ccc(Cc2cc([C@@H]3O[C@H](CO)[C@@H](O)[C@H](O)[C@H]3O)ccc2Cl)cc1. The van der Waals surface area contributed by atoms with Crippen LogP contribution in [-0.4, -0.2) is 63.8 Å². The highest BCUT2D eigenvalue weighted by atomic mass is 35.5. The van der Waals surface area contributed by atoms with E-state index in [1.807, 2.05) is 44.2 Å². The van der Waals surface area contributed by atoms with Gasteiger partial charge in [0.15, 0.2) is 0 Å². The molecular formula is C23H28ClNO6. The molecule has 1 heterocycles. The van der Waals surface area contributed by atoms with Gasteiger partial charge in [-0.1, -0.05) is 53.2 Å². The highest BCUT2D eigenvalue weighted by molar-refractivity contribution is 6.31. The molecule has 2 aromatic rings. The van der Waals surface area contributed by atoms with Gasteiger partial charge in [-0.2, -0.15) is 0 Å². The maximum Gasteiger partial charge on any atom is 0.114 e. The molecule has 1 aliphatic rings. The van der Waals surface area contributed by atoms with E-state index in [2.05, 4.69) is 5.16 Å². The first-order chi connectivity index (χ1) is 14.8. The number of nitrogens with zero attached hydrogens (tertiary/aromatic N) is 1. The summed E-state index contributed by atoms with van der Waals surface area (Å²) in [4.78, 5) is 5.09. The van der Waals surface area contributed by atoms with Gasteiger partial charge in [0.2, 0.25) is 0 Å². The van der Waals surface area contributed by atoms with Gasteiger partial charge >= 0.3 is 0 Å². The van der Waals surface area contributed by atoms with E-state index in [1.165, 1.54) is 0 Å². The van der Waals surface area contributed by atoms with Crippen LogP contribution >= 0.6 is 11.6 Å². The summed E-state index contributed by atoms with van der Waals surface area (Å²) in [5, 5.41) is 44.5. The van der Waals surface area contributed by atoms with Crippen LogP contribution in [0.1, 0.15) is 42.2 Å². The quantitative estimate of drug-likeness (QED) is 0.381. The van der Waals surface area contributed by atoms with E-state index in [0.717, 1.165) is 22.4 Å². The smallest absolute Gasteiger partial charge is 0.114 e. The zero-order chi connectivity index (χ0) is 22.5. The largest absolute Gasteiger partial charge is 0.396 e. The third-order valence-electron chi connectivity index (χ3n) is 5.39. The fraction of sp³-hybridized carbons (Fsp3) is 0.435. The van der Waals surface area contributed by atoms with Crippen LogP contribution in [0.25, 0.3) is 0 Å².